The van der Waals surface area contributed by atoms with E-state index in [1.165, 1.54) is 19.5 Å². The van der Waals surface area contributed by atoms with Gasteiger partial charge in [0.25, 0.3) is 10.2 Å². The van der Waals surface area contributed by atoms with Gasteiger partial charge in [0.2, 0.25) is 0 Å². The highest BCUT2D eigenvalue weighted by Gasteiger charge is 2.35. The van der Waals surface area contributed by atoms with Gasteiger partial charge in [0.05, 0.1) is 5.69 Å². The Morgan fingerprint density at radius 3 is 2.70 bits per heavy atom. The number of rotatable bonds is 5. The van der Waals surface area contributed by atoms with E-state index < -0.39 is 16.2 Å². The van der Waals surface area contributed by atoms with Gasteiger partial charge >= 0.3 is 5.97 Å². The van der Waals surface area contributed by atoms with Crippen LogP contribution in [-0.2, 0) is 17.3 Å². The van der Waals surface area contributed by atoms with Crippen molar-refractivity contribution in [3.05, 3.63) is 17.5 Å². The molecule has 130 valence electrons. The minimum atomic E-state index is -3.54. The summed E-state index contributed by atoms with van der Waals surface area (Å²) in [6.07, 6.45) is 2.88. The molecule has 1 aromatic rings. The van der Waals surface area contributed by atoms with Gasteiger partial charge in [0, 0.05) is 45.3 Å². The summed E-state index contributed by atoms with van der Waals surface area (Å²) < 4.78 is 29.5. The largest absolute Gasteiger partial charge is 0.478 e. The zero-order valence-corrected chi connectivity index (χ0v) is 14.7. The van der Waals surface area contributed by atoms with Crippen molar-refractivity contribution < 1.29 is 18.3 Å². The van der Waals surface area contributed by atoms with Crippen LogP contribution in [0.25, 0.3) is 0 Å². The zero-order chi connectivity index (χ0) is 17.4. The molecule has 9 heteroatoms. The Balaban J connectivity index is 2.27. The Morgan fingerprint density at radius 1 is 1.48 bits per heavy atom. The van der Waals surface area contributed by atoms with Gasteiger partial charge in [0.15, 0.2) is 0 Å². The van der Waals surface area contributed by atoms with Gasteiger partial charge < -0.3 is 5.11 Å². The number of carboxylic acid groups (broad SMARTS) is 1. The van der Waals surface area contributed by atoms with Crippen molar-refractivity contribution in [1.29, 1.82) is 0 Å². The van der Waals surface area contributed by atoms with E-state index in [0.717, 1.165) is 6.42 Å². The first kappa shape index (κ1) is 17.9. The van der Waals surface area contributed by atoms with Crippen LogP contribution in [-0.4, -0.2) is 64.1 Å². The van der Waals surface area contributed by atoms with Crippen molar-refractivity contribution in [3.63, 3.8) is 0 Å². The van der Waals surface area contributed by atoms with Crippen LogP contribution < -0.4 is 0 Å². The average molecular weight is 344 g/mol. The Hall–Kier alpha value is -1.45. The van der Waals surface area contributed by atoms with Gasteiger partial charge in [-0.25, -0.2) is 4.79 Å². The third-order valence-electron chi connectivity index (χ3n) is 4.28. The molecular weight excluding hydrogens is 320 g/mol. The molecule has 0 spiro atoms. The Labute approximate surface area is 136 Å². The van der Waals surface area contributed by atoms with E-state index in [1.807, 2.05) is 13.8 Å². The summed E-state index contributed by atoms with van der Waals surface area (Å²) >= 11 is 0. The summed E-state index contributed by atoms with van der Waals surface area (Å²) in [6, 6.07) is -0.134. The summed E-state index contributed by atoms with van der Waals surface area (Å²) in [5, 5.41) is 13.6. The van der Waals surface area contributed by atoms with Crippen molar-refractivity contribution >= 4 is 16.2 Å². The first-order valence-corrected chi connectivity index (χ1v) is 9.04. The zero-order valence-electron chi connectivity index (χ0n) is 13.9. The van der Waals surface area contributed by atoms with Gasteiger partial charge in [0.1, 0.15) is 5.56 Å². The lowest BCUT2D eigenvalue weighted by atomic mass is 9.94. The van der Waals surface area contributed by atoms with Crippen LogP contribution in [0.15, 0.2) is 6.20 Å². The lowest BCUT2D eigenvalue weighted by Crippen LogP contribution is -2.48. The van der Waals surface area contributed by atoms with Crippen LogP contribution in [0.1, 0.15) is 48.7 Å². The van der Waals surface area contributed by atoms with Crippen molar-refractivity contribution in [2.45, 2.75) is 38.6 Å². The molecule has 1 atom stereocenters. The predicted molar refractivity (Wildman–Crippen MR) is 85.5 cm³/mol. The summed E-state index contributed by atoms with van der Waals surface area (Å²) in [4.78, 5) is 11.4. The molecule has 0 aliphatic carbocycles. The predicted octanol–water partition coefficient (Wildman–Crippen LogP) is 0.883. The molecule has 0 bridgehead atoms. The fourth-order valence-electron chi connectivity index (χ4n) is 2.80. The molecule has 2 heterocycles. The van der Waals surface area contributed by atoms with Crippen LogP contribution >= 0.6 is 0 Å². The van der Waals surface area contributed by atoms with Crippen molar-refractivity contribution in [3.8, 4) is 0 Å². The van der Waals surface area contributed by atoms with E-state index in [-0.39, 0.29) is 24.1 Å². The molecule has 1 unspecified atom stereocenters. The number of aromatic carboxylic acids is 1. The fourth-order valence-corrected chi connectivity index (χ4v) is 4.42. The highest BCUT2D eigenvalue weighted by molar-refractivity contribution is 7.86. The standard InChI is InChI=1S/C14H24N4O4S/c1-10(2)17(4)23(21,22)18-7-5-6-11(8-18)13-12(14(19)20)9-16(3)15-13/h9-11H,5-8H2,1-4H3,(H,19,20). The number of hydrogen-bond acceptors (Lipinski definition) is 4. The molecule has 2 rings (SSSR count). The van der Waals surface area contributed by atoms with E-state index in [0.29, 0.717) is 18.7 Å². The highest BCUT2D eigenvalue weighted by atomic mass is 32.2. The lowest BCUT2D eigenvalue weighted by molar-refractivity contribution is 0.0694. The summed E-state index contributed by atoms with van der Waals surface area (Å²) in [7, 11) is -0.315. The van der Waals surface area contributed by atoms with Crippen LogP contribution in [0.5, 0.6) is 0 Å². The summed E-state index contributed by atoms with van der Waals surface area (Å²) in [6.45, 7) is 4.35. The topological polar surface area (TPSA) is 95.7 Å². The third kappa shape index (κ3) is 3.56. The third-order valence-corrected chi connectivity index (χ3v) is 6.41. The quantitative estimate of drug-likeness (QED) is 0.855. The maximum Gasteiger partial charge on any atom is 0.339 e. The molecule has 1 saturated heterocycles. The van der Waals surface area contributed by atoms with E-state index in [2.05, 4.69) is 5.10 Å². The fraction of sp³-hybridized carbons (Fsp3) is 0.714. The van der Waals surface area contributed by atoms with E-state index in [1.54, 1.807) is 14.1 Å². The van der Waals surface area contributed by atoms with Crippen molar-refractivity contribution in [2.24, 2.45) is 7.05 Å². The average Bonchev–Trinajstić information content (AvgIpc) is 2.88. The van der Waals surface area contributed by atoms with Crippen LogP contribution in [0.2, 0.25) is 0 Å². The smallest absolute Gasteiger partial charge is 0.339 e. The molecule has 1 N–H and O–H groups in total. The van der Waals surface area contributed by atoms with Crippen molar-refractivity contribution in [2.75, 3.05) is 20.1 Å². The molecule has 1 aliphatic rings. The normalized spacial score (nSPS) is 20.3. The molecule has 23 heavy (non-hydrogen) atoms. The van der Waals surface area contributed by atoms with Gasteiger partial charge in [-0.1, -0.05) is 0 Å². The molecule has 0 amide bonds. The Kier molecular flexibility index (Phi) is 5.12. The highest BCUT2D eigenvalue weighted by Crippen LogP contribution is 2.30. The van der Waals surface area contributed by atoms with Gasteiger partial charge in [-0.3, -0.25) is 4.68 Å². The Morgan fingerprint density at radius 2 is 2.13 bits per heavy atom. The second kappa shape index (κ2) is 6.58. The lowest BCUT2D eigenvalue weighted by Gasteiger charge is -2.35. The molecule has 1 fully saturated rings. The maximum atomic E-state index is 12.6. The molecule has 0 saturated carbocycles. The molecule has 0 radical (unpaired) electrons. The molecule has 0 aromatic carbocycles. The second-order valence-electron chi connectivity index (χ2n) is 6.22. The number of aryl methyl sites for hydroxylation is 1. The molecule has 8 nitrogen and oxygen atoms in total. The first-order valence-electron chi connectivity index (χ1n) is 7.64. The Bertz CT molecular complexity index is 683. The molecule has 1 aliphatic heterocycles. The van der Waals surface area contributed by atoms with Crippen molar-refractivity contribution in [1.82, 2.24) is 18.4 Å². The summed E-state index contributed by atoms with van der Waals surface area (Å²) in [5.41, 5.74) is 0.612. The van der Waals surface area contributed by atoms with Crippen LogP contribution in [0, 0.1) is 0 Å². The number of carbonyl (C=O) groups is 1. The molecule has 1 aromatic heterocycles. The van der Waals surface area contributed by atoms with Gasteiger partial charge in [-0.2, -0.15) is 22.1 Å². The summed E-state index contributed by atoms with van der Waals surface area (Å²) in [5.74, 6) is -1.24. The van der Waals surface area contributed by atoms with Gasteiger partial charge in [-0.15, -0.1) is 0 Å². The van der Waals surface area contributed by atoms with Gasteiger partial charge in [-0.05, 0) is 26.7 Å². The molecular formula is C14H24N4O4S. The van der Waals surface area contributed by atoms with Crippen LogP contribution in [0.4, 0.5) is 0 Å². The first-order chi connectivity index (χ1) is 10.6. The van der Waals surface area contributed by atoms with E-state index in [4.69, 9.17) is 0 Å². The van der Waals surface area contributed by atoms with Crippen LogP contribution in [0.3, 0.4) is 0 Å². The second-order valence-corrected chi connectivity index (χ2v) is 8.21. The number of nitrogens with zero attached hydrogens (tertiary/aromatic N) is 4. The van der Waals surface area contributed by atoms with E-state index >= 15 is 0 Å². The number of aromatic nitrogens is 2. The maximum absolute atomic E-state index is 12.6. The van der Waals surface area contributed by atoms with E-state index in [9.17, 15) is 18.3 Å². The minimum absolute atomic E-state index is 0.134. The number of hydrogen-bond donors (Lipinski definition) is 1. The monoisotopic (exact) mass is 344 g/mol. The minimum Gasteiger partial charge on any atom is -0.478 e. The SMILES string of the molecule is CC(C)N(C)S(=O)(=O)N1CCCC(c2nn(C)cc2C(=O)O)C1. The number of carboxylic acids is 1. The number of piperidine rings is 1.